The average molecular weight is 309 g/mol. The van der Waals surface area contributed by atoms with Gasteiger partial charge in [0, 0.05) is 23.7 Å². The van der Waals surface area contributed by atoms with E-state index in [1.165, 1.54) is 22.6 Å². The van der Waals surface area contributed by atoms with E-state index in [2.05, 4.69) is 64.3 Å². The third-order valence-electron chi connectivity index (χ3n) is 4.33. The fourth-order valence-electron chi connectivity index (χ4n) is 3.08. The fraction of sp³-hybridized carbons (Fsp3) is 0.278. The predicted octanol–water partition coefficient (Wildman–Crippen LogP) is 4.17. The van der Waals surface area contributed by atoms with Crippen molar-refractivity contribution in [2.45, 2.75) is 13.0 Å². The molecule has 0 spiro atoms. The van der Waals surface area contributed by atoms with Crippen LogP contribution in [-0.2, 0) is 0 Å². The molecule has 2 aromatic carbocycles. The van der Waals surface area contributed by atoms with Gasteiger partial charge in [-0.2, -0.15) is 11.8 Å². The Morgan fingerprint density at radius 2 is 2.05 bits per heavy atom. The van der Waals surface area contributed by atoms with Gasteiger partial charge in [0.05, 0.1) is 23.4 Å². The van der Waals surface area contributed by atoms with E-state index in [1.54, 1.807) is 6.33 Å². The zero-order valence-corrected chi connectivity index (χ0v) is 13.4. The molecule has 1 fully saturated rings. The van der Waals surface area contributed by atoms with E-state index >= 15 is 0 Å². The first-order valence-corrected chi connectivity index (χ1v) is 8.81. The molecule has 1 aromatic heterocycles. The van der Waals surface area contributed by atoms with Gasteiger partial charge in [0.15, 0.2) is 0 Å². The van der Waals surface area contributed by atoms with Crippen molar-refractivity contribution in [1.29, 1.82) is 0 Å². The van der Waals surface area contributed by atoms with Gasteiger partial charge in [-0.05, 0) is 30.7 Å². The summed E-state index contributed by atoms with van der Waals surface area (Å²) >= 11 is 2.04. The molecule has 3 nitrogen and oxygen atoms in total. The molecule has 0 amide bonds. The fourth-order valence-corrected chi connectivity index (χ4v) is 4.17. The number of imidazole rings is 1. The van der Waals surface area contributed by atoms with Crippen LogP contribution in [0.15, 0.2) is 48.8 Å². The van der Waals surface area contributed by atoms with Crippen LogP contribution in [0, 0.1) is 6.92 Å². The first-order chi connectivity index (χ1) is 10.8. The van der Waals surface area contributed by atoms with Crippen molar-refractivity contribution in [3.05, 3.63) is 59.9 Å². The van der Waals surface area contributed by atoms with Gasteiger partial charge in [0.1, 0.15) is 0 Å². The van der Waals surface area contributed by atoms with Crippen LogP contribution in [0.3, 0.4) is 0 Å². The highest BCUT2D eigenvalue weighted by atomic mass is 32.2. The Balaban J connectivity index is 1.71. The molecule has 4 heteroatoms. The number of H-pyrrole nitrogens is 1. The summed E-state index contributed by atoms with van der Waals surface area (Å²) in [7, 11) is 0. The van der Waals surface area contributed by atoms with Crippen LogP contribution < -0.4 is 4.90 Å². The van der Waals surface area contributed by atoms with Gasteiger partial charge < -0.3 is 9.88 Å². The third-order valence-corrected chi connectivity index (χ3v) is 5.35. The number of benzene rings is 2. The van der Waals surface area contributed by atoms with Crippen molar-refractivity contribution in [2.75, 3.05) is 23.0 Å². The standard InChI is InChI=1S/C18H19N3S/c1-13-2-4-14(5-3-13)18-11-22-9-8-21(18)15-6-7-16-17(10-15)20-12-19-16/h2-7,10,12,18H,8-9,11H2,1H3,(H,19,20). The second-order valence-corrected chi connectivity index (χ2v) is 6.95. The summed E-state index contributed by atoms with van der Waals surface area (Å²) < 4.78 is 0. The molecular formula is C18H19N3S. The molecule has 1 saturated heterocycles. The maximum atomic E-state index is 4.31. The van der Waals surface area contributed by atoms with E-state index in [0.717, 1.165) is 23.3 Å². The number of nitrogens with one attached hydrogen (secondary N) is 1. The third kappa shape index (κ3) is 2.48. The summed E-state index contributed by atoms with van der Waals surface area (Å²) in [6, 6.07) is 15.9. The number of aromatic nitrogens is 2. The minimum absolute atomic E-state index is 0.444. The highest BCUT2D eigenvalue weighted by Crippen LogP contribution is 2.34. The summed E-state index contributed by atoms with van der Waals surface area (Å²) in [6.07, 6.45) is 1.76. The number of hydrogen-bond acceptors (Lipinski definition) is 3. The van der Waals surface area contributed by atoms with E-state index in [4.69, 9.17) is 0 Å². The normalized spacial score (nSPS) is 18.8. The smallest absolute Gasteiger partial charge is 0.0931 e. The van der Waals surface area contributed by atoms with Gasteiger partial charge in [-0.1, -0.05) is 29.8 Å². The van der Waals surface area contributed by atoms with Crippen LogP contribution in [0.4, 0.5) is 5.69 Å². The number of aromatic amines is 1. The van der Waals surface area contributed by atoms with Gasteiger partial charge in [-0.15, -0.1) is 0 Å². The Morgan fingerprint density at radius 3 is 2.91 bits per heavy atom. The molecule has 0 radical (unpaired) electrons. The van der Waals surface area contributed by atoms with Gasteiger partial charge >= 0.3 is 0 Å². The molecule has 1 N–H and O–H groups in total. The van der Waals surface area contributed by atoms with E-state index in [0.29, 0.717) is 6.04 Å². The second kappa shape index (κ2) is 5.69. The van der Waals surface area contributed by atoms with Crippen LogP contribution >= 0.6 is 11.8 Å². The van der Waals surface area contributed by atoms with Gasteiger partial charge in [0.2, 0.25) is 0 Å². The Bertz CT molecular complexity index is 778. The second-order valence-electron chi connectivity index (χ2n) is 5.80. The Kier molecular flexibility index (Phi) is 3.54. The van der Waals surface area contributed by atoms with Crippen molar-refractivity contribution in [1.82, 2.24) is 9.97 Å². The van der Waals surface area contributed by atoms with Crippen molar-refractivity contribution >= 4 is 28.5 Å². The summed E-state index contributed by atoms with van der Waals surface area (Å²) in [5, 5.41) is 0. The predicted molar refractivity (Wildman–Crippen MR) is 94.7 cm³/mol. The largest absolute Gasteiger partial charge is 0.363 e. The van der Waals surface area contributed by atoms with Crippen LogP contribution in [0.25, 0.3) is 11.0 Å². The minimum atomic E-state index is 0.444. The van der Waals surface area contributed by atoms with Gasteiger partial charge in [0.25, 0.3) is 0 Å². The number of anilines is 1. The zero-order valence-electron chi connectivity index (χ0n) is 12.6. The maximum absolute atomic E-state index is 4.31. The van der Waals surface area contributed by atoms with E-state index < -0.39 is 0 Å². The lowest BCUT2D eigenvalue weighted by Gasteiger charge is -2.37. The number of rotatable bonds is 2. The summed E-state index contributed by atoms with van der Waals surface area (Å²) in [5.74, 6) is 2.33. The molecule has 112 valence electrons. The molecule has 1 atom stereocenters. The number of nitrogens with zero attached hydrogens (tertiary/aromatic N) is 2. The molecular weight excluding hydrogens is 290 g/mol. The van der Waals surface area contributed by atoms with Gasteiger partial charge in [-0.3, -0.25) is 0 Å². The van der Waals surface area contributed by atoms with Crippen LogP contribution in [0.1, 0.15) is 17.2 Å². The number of aryl methyl sites for hydroxylation is 1. The van der Waals surface area contributed by atoms with Crippen LogP contribution in [0.5, 0.6) is 0 Å². The molecule has 0 aliphatic carbocycles. The molecule has 1 aliphatic heterocycles. The number of fused-ring (bicyclic) bond motifs is 1. The highest BCUT2D eigenvalue weighted by molar-refractivity contribution is 7.99. The molecule has 1 aliphatic rings. The summed E-state index contributed by atoms with van der Waals surface area (Å²) in [4.78, 5) is 10.1. The average Bonchev–Trinajstić information content (AvgIpc) is 3.03. The SMILES string of the molecule is Cc1ccc(C2CSCCN2c2ccc3nc[nH]c3c2)cc1. The van der Waals surface area contributed by atoms with Crippen LogP contribution in [0.2, 0.25) is 0 Å². The van der Waals surface area contributed by atoms with E-state index in [-0.39, 0.29) is 0 Å². The Labute approximate surface area is 134 Å². The molecule has 4 rings (SSSR count). The molecule has 3 aromatic rings. The van der Waals surface area contributed by atoms with Crippen molar-refractivity contribution < 1.29 is 0 Å². The molecule has 0 saturated carbocycles. The van der Waals surface area contributed by atoms with E-state index in [9.17, 15) is 0 Å². The highest BCUT2D eigenvalue weighted by Gasteiger charge is 2.24. The quantitative estimate of drug-likeness (QED) is 0.771. The topological polar surface area (TPSA) is 31.9 Å². The van der Waals surface area contributed by atoms with Gasteiger partial charge in [-0.25, -0.2) is 4.98 Å². The molecule has 22 heavy (non-hydrogen) atoms. The van der Waals surface area contributed by atoms with Crippen molar-refractivity contribution in [2.24, 2.45) is 0 Å². The number of hydrogen-bond donors (Lipinski definition) is 1. The maximum Gasteiger partial charge on any atom is 0.0931 e. The first kappa shape index (κ1) is 13.7. The Hall–Kier alpha value is -1.94. The Morgan fingerprint density at radius 1 is 1.18 bits per heavy atom. The monoisotopic (exact) mass is 309 g/mol. The first-order valence-electron chi connectivity index (χ1n) is 7.65. The summed E-state index contributed by atoms with van der Waals surface area (Å²) in [5.41, 5.74) is 6.14. The van der Waals surface area contributed by atoms with E-state index in [1.807, 2.05) is 11.8 Å². The van der Waals surface area contributed by atoms with Crippen molar-refractivity contribution in [3.63, 3.8) is 0 Å². The lowest BCUT2D eigenvalue weighted by molar-refractivity contribution is 0.687. The summed E-state index contributed by atoms with van der Waals surface area (Å²) in [6.45, 7) is 3.23. The minimum Gasteiger partial charge on any atom is -0.363 e. The number of thioether (sulfide) groups is 1. The van der Waals surface area contributed by atoms with Crippen molar-refractivity contribution in [3.8, 4) is 0 Å². The zero-order chi connectivity index (χ0) is 14.9. The lowest BCUT2D eigenvalue weighted by Crippen LogP contribution is -2.36. The lowest BCUT2D eigenvalue weighted by atomic mass is 10.0. The molecule has 2 heterocycles. The molecule has 1 unspecified atom stereocenters. The van der Waals surface area contributed by atoms with Crippen LogP contribution in [-0.4, -0.2) is 28.0 Å². The molecule has 0 bridgehead atoms.